The van der Waals surface area contributed by atoms with Crippen molar-refractivity contribution in [2.45, 2.75) is 6.92 Å². The zero-order valence-electron chi connectivity index (χ0n) is 13.4. The second-order valence-corrected chi connectivity index (χ2v) is 5.83. The Balaban J connectivity index is 1.65. The second-order valence-electron chi connectivity index (χ2n) is 5.83. The number of aryl methyl sites for hydroxylation is 1. The van der Waals surface area contributed by atoms with Gasteiger partial charge in [-0.15, -0.1) is 0 Å². The van der Waals surface area contributed by atoms with Gasteiger partial charge in [0.2, 0.25) is 0 Å². The Kier molecular flexibility index (Phi) is 3.72. The SMILES string of the molecule is Cc1ccccc1-c1cc(-c2ccc(-c3ccccc3)cc2)on1. The van der Waals surface area contributed by atoms with Crippen molar-refractivity contribution in [3.05, 3.63) is 90.5 Å². The molecule has 0 N–H and O–H groups in total. The minimum atomic E-state index is 0.785. The second kappa shape index (κ2) is 6.17. The molecule has 4 aromatic rings. The third-order valence-electron chi connectivity index (χ3n) is 4.21. The Morgan fingerprint density at radius 2 is 1.29 bits per heavy atom. The summed E-state index contributed by atoms with van der Waals surface area (Å²) in [7, 11) is 0. The molecule has 116 valence electrons. The molecule has 0 aliphatic carbocycles. The van der Waals surface area contributed by atoms with Crippen LogP contribution in [-0.2, 0) is 0 Å². The van der Waals surface area contributed by atoms with E-state index in [9.17, 15) is 0 Å². The first kappa shape index (κ1) is 14.5. The average molecular weight is 311 g/mol. The van der Waals surface area contributed by atoms with Gasteiger partial charge in [-0.3, -0.25) is 0 Å². The molecule has 24 heavy (non-hydrogen) atoms. The van der Waals surface area contributed by atoms with Crippen LogP contribution in [0.3, 0.4) is 0 Å². The normalized spacial score (nSPS) is 10.7. The highest BCUT2D eigenvalue weighted by atomic mass is 16.5. The molecule has 0 atom stereocenters. The van der Waals surface area contributed by atoms with Gasteiger partial charge >= 0.3 is 0 Å². The number of aromatic nitrogens is 1. The Labute approximate surface area is 141 Å². The first-order valence-electron chi connectivity index (χ1n) is 8.00. The Morgan fingerprint density at radius 1 is 0.667 bits per heavy atom. The van der Waals surface area contributed by atoms with Crippen LogP contribution in [0.15, 0.2) is 89.5 Å². The minimum absolute atomic E-state index is 0.785. The predicted octanol–water partition coefficient (Wildman–Crippen LogP) is 5.98. The van der Waals surface area contributed by atoms with E-state index in [-0.39, 0.29) is 0 Å². The van der Waals surface area contributed by atoms with E-state index in [2.05, 4.69) is 60.6 Å². The van der Waals surface area contributed by atoms with Gasteiger partial charge in [0.05, 0.1) is 0 Å². The number of benzene rings is 3. The van der Waals surface area contributed by atoms with Crippen LogP contribution in [0.2, 0.25) is 0 Å². The molecule has 0 saturated carbocycles. The summed E-state index contributed by atoms with van der Waals surface area (Å²) in [6.07, 6.45) is 0. The maximum absolute atomic E-state index is 5.56. The largest absolute Gasteiger partial charge is 0.356 e. The zero-order valence-corrected chi connectivity index (χ0v) is 13.4. The van der Waals surface area contributed by atoms with Gasteiger partial charge in [0.1, 0.15) is 5.69 Å². The number of nitrogens with zero attached hydrogens (tertiary/aromatic N) is 1. The zero-order chi connectivity index (χ0) is 16.4. The molecule has 0 aliphatic rings. The molecule has 3 aromatic carbocycles. The fraction of sp³-hybridized carbons (Fsp3) is 0.0455. The van der Waals surface area contributed by atoms with E-state index in [4.69, 9.17) is 4.52 Å². The Hall–Kier alpha value is -3.13. The van der Waals surface area contributed by atoms with Crippen molar-refractivity contribution in [3.8, 4) is 33.7 Å². The van der Waals surface area contributed by atoms with Crippen LogP contribution < -0.4 is 0 Å². The summed E-state index contributed by atoms with van der Waals surface area (Å²) in [4.78, 5) is 0. The topological polar surface area (TPSA) is 26.0 Å². The van der Waals surface area contributed by atoms with E-state index >= 15 is 0 Å². The highest BCUT2D eigenvalue weighted by Gasteiger charge is 2.10. The number of rotatable bonds is 3. The van der Waals surface area contributed by atoms with Crippen LogP contribution >= 0.6 is 0 Å². The third-order valence-corrected chi connectivity index (χ3v) is 4.21. The molecule has 4 rings (SSSR count). The van der Waals surface area contributed by atoms with Crippen molar-refractivity contribution in [2.75, 3.05) is 0 Å². The predicted molar refractivity (Wildman–Crippen MR) is 97.5 cm³/mol. The van der Waals surface area contributed by atoms with Crippen molar-refractivity contribution in [1.29, 1.82) is 0 Å². The van der Waals surface area contributed by atoms with Gasteiger partial charge < -0.3 is 4.52 Å². The Morgan fingerprint density at radius 3 is 2.04 bits per heavy atom. The molecule has 0 unspecified atom stereocenters. The van der Waals surface area contributed by atoms with Crippen LogP contribution in [-0.4, -0.2) is 5.16 Å². The minimum Gasteiger partial charge on any atom is -0.356 e. The first-order chi connectivity index (χ1) is 11.8. The van der Waals surface area contributed by atoms with Crippen LogP contribution in [0.25, 0.3) is 33.7 Å². The fourth-order valence-electron chi connectivity index (χ4n) is 2.86. The molecule has 0 radical (unpaired) electrons. The van der Waals surface area contributed by atoms with Crippen molar-refractivity contribution >= 4 is 0 Å². The smallest absolute Gasteiger partial charge is 0.167 e. The van der Waals surface area contributed by atoms with Crippen molar-refractivity contribution in [3.63, 3.8) is 0 Å². The lowest BCUT2D eigenvalue weighted by molar-refractivity contribution is 0.435. The molecule has 2 heteroatoms. The van der Waals surface area contributed by atoms with E-state index in [0.29, 0.717) is 0 Å². The lowest BCUT2D eigenvalue weighted by Crippen LogP contribution is -1.81. The van der Waals surface area contributed by atoms with Gasteiger partial charge in [-0.1, -0.05) is 84.0 Å². The summed E-state index contributed by atoms with van der Waals surface area (Å²) >= 11 is 0. The molecule has 2 nitrogen and oxygen atoms in total. The van der Waals surface area contributed by atoms with E-state index in [1.54, 1.807) is 0 Å². The highest BCUT2D eigenvalue weighted by Crippen LogP contribution is 2.29. The molecule has 1 aromatic heterocycles. The van der Waals surface area contributed by atoms with Gasteiger partial charge in [0.15, 0.2) is 5.76 Å². The maximum atomic E-state index is 5.56. The molecule has 0 amide bonds. The summed E-state index contributed by atoms with van der Waals surface area (Å²) < 4.78 is 5.56. The summed E-state index contributed by atoms with van der Waals surface area (Å²) in [6, 6.07) is 28.9. The van der Waals surface area contributed by atoms with Gasteiger partial charge in [-0.05, 0) is 23.6 Å². The lowest BCUT2D eigenvalue weighted by Gasteiger charge is -2.02. The van der Waals surface area contributed by atoms with Gasteiger partial charge in [0, 0.05) is 17.2 Å². The van der Waals surface area contributed by atoms with Crippen LogP contribution in [0, 0.1) is 6.92 Å². The van der Waals surface area contributed by atoms with Crippen molar-refractivity contribution in [1.82, 2.24) is 5.16 Å². The monoisotopic (exact) mass is 311 g/mol. The summed E-state index contributed by atoms with van der Waals surface area (Å²) in [5.41, 5.74) is 6.60. The quantitative estimate of drug-likeness (QED) is 0.465. The summed E-state index contributed by atoms with van der Waals surface area (Å²) in [6.45, 7) is 2.08. The van der Waals surface area contributed by atoms with Crippen molar-refractivity contribution < 1.29 is 4.52 Å². The number of hydrogen-bond acceptors (Lipinski definition) is 2. The van der Waals surface area contributed by atoms with E-state index in [1.165, 1.54) is 16.7 Å². The van der Waals surface area contributed by atoms with Crippen LogP contribution in [0.4, 0.5) is 0 Å². The first-order valence-corrected chi connectivity index (χ1v) is 8.00. The molecule has 0 spiro atoms. The van der Waals surface area contributed by atoms with Gasteiger partial charge in [-0.25, -0.2) is 0 Å². The van der Waals surface area contributed by atoms with Crippen LogP contribution in [0.5, 0.6) is 0 Å². The van der Waals surface area contributed by atoms with E-state index < -0.39 is 0 Å². The average Bonchev–Trinajstić information content (AvgIpc) is 3.13. The van der Waals surface area contributed by atoms with Gasteiger partial charge in [0.25, 0.3) is 0 Å². The fourth-order valence-corrected chi connectivity index (χ4v) is 2.86. The number of hydrogen-bond donors (Lipinski definition) is 0. The molecule has 0 fully saturated rings. The maximum Gasteiger partial charge on any atom is 0.167 e. The van der Waals surface area contributed by atoms with E-state index in [0.717, 1.165) is 22.6 Å². The van der Waals surface area contributed by atoms with Gasteiger partial charge in [-0.2, -0.15) is 0 Å². The molecule has 0 bridgehead atoms. The summed E-state index contributed by atoms with van der Waals surface area (Å²) in [5, 5.41) is 4.23. The lowest BCUT2D eigenvalue weighted by atomic mass is 10.0. The standard InChI is InChI=1S/C22H17NO/c1-16-7-5-6-10-20(16)21-15-22(24-23-21)19-13-11-18(12-14-19)17-8-3-2-4-9-17/h2-15H,1H3. The highest BCUT2D eigenvalue weighted by molar-refractivity contribution is 5.71. The summed E-state index contributed by atoms with van der Waals surface area (Å²) in [5.74, 6) is 0.785. The van der Waals surface area contributed by atoms with E-state index in [1.807, 2.05) is 36.4 Å². The van der Waals surface area contributed by atoms with Crippen molar-refractivity contribution in [2.24, 2.45) is 0 Å². The molecule has 0 saturated heterocycles. The van der Waals surface area contributed by atoms with Crippen LogP contribution in [0.1, 0.15) is 5.56 Å². The Bertz CT molecular complexity index is 953. The molecular weight excluding hydrogens is 294 g/mol. The third kappa shape index (κ3) is 2.74. The molecular formula is C22H17NO. The molecule has 0 aliphatic heterocycles. The molecule has 1 heterocycles.